The van der Waals surface area contributed by atoms with Gasteiger partial charge in [0.25, 0.3) is 5.91 Å². The Kier molecular flexibility index (Phi) is 7.57. The van der Waals surface area contributed by atoms with Crippen LogP contribution in [0.2, 0.25) is 0 Å². The highest BCUT2D eigenvalue weighted by Crippen LogP contribution is 2.26. The lowest BCUT2D eigenvalue weighted by molar-refractivity contribution is 0.0853. The molecule has 0 spiro atoms. The average Bonchev–Trinajstić information content (AvgIpc) is 3.52. The molecule has 1 aliphatic heterocycles. The first-order valence-corrected chi connectivity index (χ1v) is 11.7. The summed E-state index contributed by atoms with van der Waals surface area (Å²) < 4.78 is 11.3. The predicted octanol–water partition coefficient (Wildman–Crippen LogP) is 4.96. The van der Waals surface area contributed by atoms with E-state index in [-0.39, 0.29) is 18.1 Å². The van der Waals surface area contributed by atoms with Gasteiger partial charge in [0.1, 0.15) is 6.26 Å². The molecule has 1 saturated heterocycles. The Morgan fingerprint density at radius 2 is 2.00 bits per heavy atom. The van der Waals surface area contributed by atoms with E-state index in [1.807, 2.05) is 6.07 Å². The molecule has 3 aromatic rings. The van der Waals surface area contributed by atoms with E-state index in [4.69, 9.17) is 9.15 Å². The third-order valence-corrected chi connectivity index (χ3v) is 6.34. The smallest absolute Gasteiger partial charge is 0.273 e. The molecule has 1 N–H and O–H groups in total. The Balaban J connectivity index is 1.49. The number of ether oxygens (including phenoxy) is 1. The van der Waals surface area contributed by atoms with Gasteiger partial charge in [0, 0.05) is 25.7 Å². The molecular formula is C27H33N3O3. The molecule has 4 rings (SSSR count). The highest BCUT2D eigenvalue weighted by molar-refractivity contribution is 5.91. The Morgan fingerprint density at radius 1 is 1.18 bits per heavy atom. The van der Waals surface area contributed by atoms with Crippen molar-refractivity contribution in [2.75, 3.05) is 13.2 Å². The number of benzene rings is 2. The molecule has 1 fully saturated rings. The summed E-state index contributed by atoms with van der Waals surface area (Å²) in [5, 5.41) is 2.91. The van der Waals surface area contributed by atoms with E-state index in [1.54, 1.807) is 0 Å². The second-order valence-corrected chi connectivity index (χ2v) is 8.89. The fraction of sp³-hybridized carbons (Fsp3) is 0.407. The number of carbonyl (C=O) groups is 1. The highest BCUT2D eigenvalue weighted by atomic mass is 16.5. The van der Waals surface area contributed by atoms with E-state index in [0.29, 0.717) is 24.7 Å². The minimum atomic E-state index is -0.224. The number of aryl methyl sites for hydroxylation is 2. The largest absolute Gasteiger partial charge is 0.447 e. The number of amides is 1. The normalized spacial score (nSPS) is 16.8. The zero-order valence-electron chi connectivity index (χ0n) is 19.7. The lowest BCUT2D eigenvalue weighted by Crippen LogP contribution is -2.32. The van der Waals surface area contributed by atoms with Gasteiger partial charge in [-0.2, -0.15) is 0 Å². The van der Waals surface area contributed by atoms with Crippen molar-refractivity contribution in [2.24, 2.45) is 0 Å². The topological polar surface area (TPSA) is 67.6 Å². The summed E-state index contributed by atoms with van der Waals surface area (Å²) >= 11 is 0. The molecule has 1 amide bonds. The minimum Gasteiger partial charge on any atom is -0.447 e. The van der Waals surface area contributed by atoms with Crippen molar-refractivity contribution in [2.45, 2.75) is 58.8 Å². The van der Waals surface area contributed by atoms with Crippen LogP contribution in [0.25, 0.3) is 0 Å². The molecule has 6 nitrogen and oxygen atoms in total. The van der Waals surface area contributed by atoms with E-state index in [9.17, 15) is 4.79 Å². The van der Waals surface area contributed by atoms with E-state index in [2.05, 4.69) is 78.4 Å². The molecule has 2 heterocycles. The summed E-state index contributed by atoms with van der Waals surface area (Å²) in [4.78, 5) is 19.3. The van der Waals surface area contributed by atoms with Crippen LogP contribution in [0, 0.1) is 13.8 Å². The summed E-state index contributed by atoms with van der Waals surface area (Å²) in [5.74, 6) is 0.308. The minimum absolute atomic E-state index is 0.0973. The van der Waals surface area contributed by atoms with Gasteiger partial charge in [0.05, 0.1) is 12.6 Å². The van der Waals surface area contributed by atoms with Crippen LogP contribution in [0.1, 0.15) is 64.4 Å². The Morgan fingerprint density at radius 3 is 2.76 bits per heavy atom. The van der Waals surface area contributed by atoms with Crippen LogP contribution in [0.5, 0.6) is 0 Å². The molecule has 2 atom stereocenters. The zero-order valence-corrected chi connectivity index (χ0v) is 19.7. The van der Waals surface area contributed by atoms with Crippen LogP contribution in [-0.2, 0) is 17.8 Å². The maximum Gasteiger partial charge on any atom is 0.273 e. The third-order valence-electron chi connectivity index (χ3n) is 6.34. The van der Waals surface area contributed by atoms with Gasteiger partial charge in [-0.05, 0) is 50.3 Å². The summed E-state index contributed by atoms with van der Waals surface area (Å²) in [6, 6.07) is 17.1. The van der Waals surface area contributed by atoms with Gasteiger partial charge in [-0.3, -0.25) is 9.69 Å². The first-order valence-electron chi connectivity index (χ1n) is 11.7. The lowest BCUT2D eigenvalue weighted by Gasteiger charge is -2.29. The Bertz CT molecular complexity index is 1060. The van der Waals surface area contributed by atoms with Crippen molar-refractivity contribution < 1.29 is 13.9 Å². The van der Waals surface area contributed by atoms with E-state index >= 15 is 0 Å². The lowest BCUT2D eigenvalue weighted by atomic mass is 10.0. The molecular weight excluding hydrogens is 414 g/mol. The fourth-order valence-electron chi connectivity index (χ4n) is 4.23. The van der Waals surface area contributed by atoms with E-state index in [0.717, 1.165) is 26.0 Å². The standard InChI is InChI=1S/C27H33N3O3/c1-19-11-12-20(2)23(14-19)16-30(21(3)22-8-5-4-6-9-22)17-26-29-25(18-33-26)27(31)28-15-24-10-7-13-32-24/h4-6,8-9,11-12,14,18,21,24H,7,10,13,15-17H2,1-3H3,(H,28,31)/t21-,24-/m0/s1. The number of hydrogen-bond donors (Lipinski definition) is 1. The number of hydrogen-bond acceptors (Lipinski definition) is 5. The number of nitrogens with zero attached hydrogens (tertiary/aromatic N) is 2. The number of nitrogens with one attached hydrogen (secondary N) is 1. The molecule has 0 unspecified atom stereocenters. The number of carbonyl (C=O) groups excluding carboxylic acids is 1. The van der Waals surface area contributed by atoms with Crippen LogP contribution in [0.15, 0.2) is 59.2 Å². The molecule has 1 aliphatic rings. The third kappa shape index (κ3) is 6.09. The van der Waals surface area contributed by atoms with Crippen molar-refractivity contribution in [1.29, 1.82) is 0 Å². The van der Waals surface area contributed by atoms with Crippen molar-refractivity contribution >= 4 is 5.91 Å². The Hall–Kier alpha value is -2.96. The molecule has 6 heteroatoms. The first-order chi connectivity index (χ1) is 16.0. The SMILES string of the molecule is Cc1ccc(C)c(CN(Cc2nc(C(=O)NC[C@@H]3CCCO3)co2)[C@@H](C)c2ccccc2)c1. The van der Waals surface area contributed by atoms with Crippen molar-refractivity contribution in [3.8, 4) is 0 Å². The molecule has 0 saturated carbocycles. The van der Waals surface area contributed by atoms with Gasteiger partial charge in [0.15, 0.2) is 5.69 Å². The maximum atomic E-state index is 12.5. The average molecular weight is 448 g/mol. The number of rotatable bonds is 9. The zero-order chi connectivity index (χ0) is 23.2. The molecule has 174 valence electrons. The summed E-state index contributed by atoms with van der Waals surface area (Å²) in [6.07, 6.45) is 3.57. The van der Waals surface area contributed by atoms with Gasteiger partial charge < -0.3 is 14.5 Å². The van der Waals surface area contributed by atoms with Crippen molar-refractivity contribution in [3.05, 3.63) is 88.6 Å². The van der Waals surface area contributed by atoms with Crippen LogP contribution in [-0.4, -0.2) is 35.0 Å². The van der Waals surface area contributed by atoms with Crippen LogP contribution in [0.3, 0.4) is 0 Å². The van der Waals surface area contributed by atoms with Gasteiger partial charge in [0.2, 0.25) is 5.89 Å². The summed E-state index contributed by atoms with van der Waals surface area (Å²) in [7, 11) is 0. The van der Waals surface area contributed by atoms with Crippen LogP contribution < -0.4 is 5.32 Å². The van der Waals surface area contributed by atoms with Crippen LogP contribution >= 0.6 is 0 Å². The highest BCUT2D eigenvalue weighted by Gasteiger charge is 2.22. The van der Waals surface area contributed by atoms with Gasteiger partial charge >= 0.3 is 0 Å². The predicted molar refractivity (Wildman–Crippen MR) is 128 cm³/mol. The van der Waals surface area contributed by atoms with E-state index < -0.39 is 0 Å². The second kappa shape index (κ2) is 10.8. The van der Waals surface area contributed by atoms with E-state index in [1.165, 1.54) is 28.5 Å². The summed E-state index contributed by atoms with van der Waals surface area (Å²) in [6.45, 7) is 8.98. The van der Waals surface area contributed by atoms with Gasteiger partial charge in [-0.25, -0.2) is 4.98 Å². The summed E-state index contributed by atoms with van der Waals surface area (Å²) in [5.41, 5.74) is 5.31. The second-order valence-electron chi connectivity index (χ2n) is 8.89. The monoisotopic (exact) mass is 447 g/mol. The molecule has 0 radical (unpaired) electrons. The number of aromatic nitrogens is 1. The molecule has 2 aromatic carbocycles. The maximum absolute atomic E-state index is 12.5. The van der Waals surface area contributed by atoms with Gasteiger partial charge in [-0.1, -0.05) is 54.1 Å². The molecule has 1 aromatic heterocycles. The van der Waals surface area contributed by atoms with Crippen LogP contribution in [0.4, 0.5) is 0 Å². The van der Waals surface area contributed by atoms with Crippen molar-refractivity contribution in [3.63, 3.8) is 0 Å². The first kappa shape index (κ1) is 23.2. The van der Waals surface area contributed by atoms with Gasteiger partial charge in [-0.15, -0.1) is 0 Å². The molecule has 0 aliphatic carbocycles. The molecule has 0 bridgehead atoms. The van der Waals surface area contributed by atoms with Crippen molar-refractivity contribution in [1.82, 2.24) is 15.2 Å². The fourth-order valence-corrected chi connectivity index (χ4v) is 4.23. The Labute approximate surface area is 196 Å². The quantitative estimate of drug-likeness (QED) is 0.502. The number of oxazole rings is 1. The molecule has 33 heavy (non-hydrogen) atoms.